The van der Waals surface area contributed by atoms with Gasteiger partial charge in [0.25, 0.3) is 5.91 Å². The van der Waals surface area contributed by atoms with Crippen LogP contribution < -0.4 is 10.1 Å². The smallest absolute Gasteiger partial charge is 0.420 e. The maximum atomic E-state index is 12.8. The maximum absolute atomic E-state index is 12.8. The number of hydrogen-bond acceptors (Lipinski definition) is 6. The third-order valence-corrected chi connectivity index (χ3v) is 4.36. The van der Waals surface area contributed by atoms with E-state index in [1.807, 2.05) is 0 Å². The van der Waals surface area contributed by atoms with Gasteiger partial charge in [-0.3, -0.25) is 14.5 Å². The second kappa shape index (κ2) is 8.67. The molecular formula is C21H15ClF2N6O2. The first-order valence-corrected chi connectivity index (χ1v) is 9.60. The van der Waals surface area contributed by atoms with Crippen molar-refractivity contribution in [2.45, 2.75) is 5.57 Å². The number of ether oxygens (including phenoxy) is 1. The van der Waals surface area contributed by atoms with E-state index in [9.17, 15) is 13.6 Å². The van der Waals surface area contributed by atoms with Crippen LogP contribution in [0.15, 0.2) is 67.4 Å². The van der Waals surface area contributed by atoms with Crippen LogP contribution in [0, 0.1) is 0 Å². The highest BCUT2D eigenvalue weighted by atomic mass is 35.5. The molecule has 0 atom stereocenters. The Kier molecular flexibility index (Phi) is 5.78. The molecule has 0 bridgehead atoms. The summed E-state index contributed by atoms with van der Waals surface area (Å²) < 4.78 is 31.6. The lowest BCUT2D eigenvalue weighted by Gasteiger charge is -2.12. The molecule has 1 aromatic carbocycles. The molecular weight excluding hydrogens is 442 g/mol. The first-order chi connectivity index (χ1) is 15.3. The molecule has 0 radical (unpaired) electrons. The highest BCUT2D eigenvalue weighted by Crippen LogP contribution is 2.30. The monoisotopic (exact) mass is 456 g/mol. The molecule has 0 spiro atoms. The van der Waals surface area contributed by atoms with Crippen LogP contribution >= 0.6 is 11.6 Å². The van der Waals surface area contributed by atoms with Crippen molar-refractivity contribution in [3.05, 3.63) is 72.9 Å². The topological polar surface area (TPSA) is 94.8 Å². The Morgan fingerprint density at radius 2 is 1.91 bits per heavy atom. The average Bonchev–Trinajstić information content (AvgIpc) is 3.20. The van der Waals surface area contributed by atoms with E-state index in [1.54, 1.807) is 42.5 Å². The minimum absolute atomic E-state index is 0.110. The molecule has 4 aromatic rings. The zero-order valence-electron chi connectivity index (χ0n) is 16.5. The molecule has 1 N–H and O–H groups in total. The second-order valence-corrected chi connectivity index (χ2v) is 7.07. The Balaban J connectivity index is 1.68. The Bertz CT molecular complexity index is 1240. The van der Waals surface area contributed by atoms with Crippen molar-refractivity contribution in [3.63, 3.8) is 0 Å². The fraction of sp³-hybridized carbons (Fsp3) is 0.0952. The van der Waals surface area contributed by atoms with Gasteiger partial charge in [0.1, 0.15) is 11.4 Å². The van der Waals surface area contributed by atoms with Crippen molar-refractivity contribution in [2.24, 2.45) is 7.05 Å². The fourth-order valence-electron chi connectivity index (χ4n) is 2.87. The van der Waals surface area contributed by atoms with Crippen LogP contribution in [0.4, 0.5) is 14.5 Å². The lowest BCUT2D eigenvalue weighted by Crippen LogP contribution is -2.15. The third kappa shape index (κ3) is 5.03. The Labute approximate surface area is 185 Å². The van der Waals surface area contributed by atoms with Gasteiger partial charge < -0.3 is 10.1 Å². The van der Waals surface area contributed by atoms with Crippen LogP contribution in [0.3, 0.4) is 0 Å². The molecule has 3 heterocycles. The molecule has 32 heavy (non-hydrogen) atoms. The summed E-state index contributed by atoms with van der Waals surface area (Å²) in [6, 6.07) is 9.00. The van der Waals surface area contributed by atoms with E-state index in [4.69, 9.17) is 11.6 Å². The van der Waals surface area contributed by atoms with Gasteiger partial charge in [-0.05, 0) is 36.4 Å². The summed E-state index contributed by atoms with van der Waals surface area (Å²) in [6.45, 7) is 0. The number of amides is 1. The van der Waals surface area contributed by atoms with Gasteiger partial charge in [-0.2, -0.15) is 5.10 Å². The SMILES string of the molecule is Cn1cc(-c2nc(-c3ccc(OC(F)(F)Cl)cc3)ncc2NC(=O)c2cccnc2)cn1. The van der Waals surface area contributed by atoms with Crippen LogP contribution in [-0.4, -0.2) is 36.2 Å². The molecule has 0 unspecified atom stereocenters. The number of aryl methyl sites for hydroxylation is 1. The minimum Gasteiger partial charge on any atom is -0.420 e. The zero-order valence-corrected chi connectivity index (χ0v) is 17.3. The summed E-state index contributed by atoms with van der Waals surface area (Å²) in [4.78, 5) is 25.4. The Morgan fingerprint density at radius 3 is 2.53 bits per heavy atom. The lowest BCUT2D eigenvalue weighted by atomic mass is 10.1. The first-order valence-electron chi connectivity index (χ1n) is 9.22. The fourth-order valence-corrected chi connectivity index (χ4v) is 2.96. The largest absolute Gasteiger partial charge is 0.487 e. The number of carbonyl (C=O) groups is 1. The molecule has 0 aliphatic heterocycles. The average molecular weight is 457 g/mol. The van der Waals surface area contributed by atoms with Gasteiger partial charge in [0.15, 0.2) is 5.82 Å². The van der Waals surface area contributed by atoms with E-state index in [0.717, 1.165) is 0 Å². The number of nitrogens with one attached hydrogen (secondary N) is 1. The van der Waals surface area contributed by atoms with Crippen molar-refractivity contribution in [1.82, 2.24) is 24.7 Å². The molecule has 0 saturated carbocycles. The van der Waals surface area contributed by atoms with E-state index >= 15 is 0 Å². The molecule has 0 aliphatic rings. The van der Waals surface area contributed by atoms with E-state index in [0.29, 0.717) is 33.9 Å². The first kappa shape index (κ1) is 21.3. The number of halogens is 3. The van der Waals surface area contributed by atoms with Gasteiger partial charge in [0, 0.05) is 48.4 Å². The number of benzene rings is 1. The number of aromatic nitrogens is 5. The third-order valence-electron chi connectivity index (χ3n) is 4.29. The summed E-state index contributed by atoms with van der Waals surface area (Å²) in [5.41, 5.74) is -1.42. The predicted octanol–water partition coefficient (Wildman–Crippen LogP) is 4.36. The van der Waals surface area contributed by atoms with E-state index in [-0.39, 0.29) is 11.7 Å². The molecule has 162 valence electrons. The number of hydrogen-bond donors (Lipinski definition) is 1. The van der Waals surface area contributed by atoms with Crippen LogP contribution in [0.2, 0.25) is 0 Å². The number of anilines is 1. The van der Waals surface area contributed by atoms with Gasteiger partial charge in [0.05, 0.1) is 23.6 Å². The zero-order chi connectivity index (χ0) is 22.7. The molecule has 3 aromatic heterocycles. The maximum Gasteiger partial charge on any atom is 0.487 e. The Hall–Kier alpha value is -3.92. The summed E-state index contributed by atoms with van der Waals surface area (Å²) in [6.07, 6.45) is 7.83. The van der Waals surface area contributed by atoms with Gasteiger partial charge in [-0.1, -0.05) is 0 Å². The molecule has 1 amide bonds. The van der Waals surface area contributed by atoms with Gasteiger partial charge in [-0.15, -0.1) is 8.78 Å². The Morgan fingerprint density at radius 1 is 1.12 bits per heavy atom. The van der Waals surface area contributed by atoms with Crippen LogP contribution in [0.25, 0.3) is 22.6 Å². The summed E-state index contributed by atoms with van der Waals surface area (Å²) in [5, 5.41) is 6.94. The highest BCUT2D eigenvalue weighted by molar-refractivity contribution is 6.20. The minimum atomic E-state index is -3.81. The van der Waals surface area contributed by atoms with Gasteiger partial charge >= 0.3 is 5.57 Å². The van der Waals surface area contributed by atoms with Crippen molar-refractivity contribution in [2.75, 3.05) is 5.32 Å². The molecule has 8 nitrogen and oxygen atoms in total. The number of rotatable bonds is 6. The van der Waals surface area contributed by atoms with Gasteiger partial charge in [-0.25, -0.2) is 9.97 Å². The lowest BCUT2D eigenvalue weighted by molar-refractivity contribution is -0.0964. The summed E-state index contributed by atoms with van der Waals surface area (Å²) in [5.74, 6) is -0.169. The van der Waals surface area contributed by atoms with Crippen LogP contribution in [-0.2, 0) is 7.05 Å². The van der Waals surface area contributed by atoms with Crippen molar-refractivity contribution >= 4 is 23.2 Å². The molecule has 0 saturated heterocycles. The summed E-state index contributed by atoms with van der Waals surface area (Å²) in [7, 11) is 1.75. The number of pyridine rings is 1. The van der Waals surface area contributed by atoms with Crippen LogP contribution in [0.5, 0.6) is 5.75 Å². The van der Waals surface area contributed by atoms with E-state index in [2.05, 4.69) is 30.1 Å². The van der Waals surface area contributed by atoms with Crippen molar-refractivity contribution in [3.8, 4) is 28.4 Å². The second-order valence-electron chi connectivity index (χ2n) is 6.63. The van der Waals surface area contributed by atoms with Crippen molar-refractivity contribution < 1.29 is 18.3 Å². The quantitative estimate of drug-likeness (QED) is 0.433. The van der Waals surface area contributed by atoms with E-state index in [1.165, 1.54) is 36.7 Å². The predicted molar refractivity (Wildman–Crippen MR) is 113 cm³/mol. The van der Waals surface area contributed by atoms with Crippen LogP contribution in [0.1, 0.15) is 10.4 Å². The highest BCUT2D eigenvalue weighted by Gasteiger charge is 2.27. The number of nitrogens with zero attached hydrogens (tertiary/aromatic N) is 5. The van der Waals surface area contributed by atoms with Crippen molar-refractivity contribution in [1.29, 1.82) is 0 Å². The van der Waals surface area contributed by atoms with Gasteiger partial charge in [0.2, 0.25) is 0 Å². The normalized spacial score (nSPS) is 11.2. The standard InChI is InChI=1S/C21H15ClF2N6O2/c1-30-12-15(10-27-30)18-17(28-20(31)14-3-2-8-25-9-14)11-26-19(29-18)13-4-6-16(7-5-13)32-21(22,23)24/h2-12H,1H3,(H,28,31). The van der Waals surface area contributed by atoms with E-state index < -0.39 is 5.57 Å². The molecule has 11 heteroatoms. The number of alkyl halides is 3. The molecule has 4 rings (SSSR count). The summed E-state index contributed by atoms with van der Waals surface area (Å²) >= 11 is 4.79. The molecule has 0 fully saturated rings. The number of carbonyl (C=O) groups excluding carboxylic acids is 1. The molecule has 0 aliphatic carbocycles.